The Morgan fingerprint density at radius 1 is 1.10 bits per heavy atom. The highest BCUT2D eigenvalue weighted by Gasteiger charge is 2.27. The monoisotopic (exact) mass is 445 g/mol. The van der Waals surface area contributed by atoms with Crippen molar-refractivity contribution in [2.75, 3.05) is 18.0 Å². The van der Waals surface area contributed by atoms with Crippen LogP contribution in [0.25, 0.3) is 0 Å². The third-order valence-electron chi connectivity index (χ3n) is 4.23. The van der Waals surface area contributed by atoms with Crippen molar-refractivity contribution in [3.8, 4) is 5.75 Å². The first kappa shape index (κ1) is 21.6. The summed E-state index contributed by atoms with van der Waals surface area (Å²) in [4.78, 5) is 16.8. The van der Waals surface area contributed by atoms with Gasteiger partial charge in [0, 0.05) is 6.20 Å². The lowest BCUT2D eigenvalue weighted by Gasteiger charge is -2.24. The SMILES string of the molecule is COc1ccc(N(CC(=O)NCc2ccccn2)S(=O)(=O)c2ccccc2)cc1Cl. The normalized spacial score (nSPS) is 11.0. The maximum absolute atomic E-state index is 13.3. The summed E-state index contributed by atoms with van der Waals surface area (Å²) in [5, 5.41) is 2.93. The molecule has 9 heteroatoms. The molecule has 1 aromatic heterocycles. The molecule has 0 bridgehead atoms. The van der Waals surface area contributed by atoms with Crippen LogP contribution >= 0.6 is 11.6 Å². The largest absolute Gasteiger partial charge is 0.495 e. The predicted octanol–water partition coefficient (Wildman–Crippen LogP) is 3.26. The number of rotatable bonds is 8. The van der Waals surface area contributed by atoms with Crippen LogP contribution in [-0.2, 0) is 21.4 Å². The zero-order valence-corrected chi connectivity index (χ0v) is 17.7. The fourth-order valence-corrected chi connectivity index (χ4v) is 4.41. The molecule has 3 rings (SSSR count). The van der Waals surface area contributed by atoms with Crippen LogP contribution in [0.15, 0.2) is 77.8 Å². The van der Waals surface area contributed by atoms with Gasteiger partial charge in [0.1, 0.15) is 12.3 Å². The van der Waals surface area contributed by atoms with Crippen molar-refractivity contribution >= 4 is 33.2 Å². The number of methoxy groups -OCH3 is 1. The molecule has 7 nitrogen and oxygen atoms in total. The molecule has 3 aromatic rings. The van der Waals surface area contributed by atoms with E-state index in [9.17, 15) is 13.2 Å². The summed E-state index contributed by atoms with van der Waals surface area (Å²) < 4.78 is 32.7. The van der Waals surface area contributed by atoms with Gasteiger partial charge in [-0.15, -0.1) is 0 Å². The number of nitrogens with zero attached hydrogens (tertiary/aromatic N) is 2. The predicted molar refractivity (Wildman–Crippen MR) is 115 cm³/mol. The smallest absolute Gasteiger partial charge is 0.264 e. The summed E-state index contributed by atoms with van der Waals surface area (Å²) in [6.45, 7) is -0.241. The van der Waals surface area contributed by atoms with E-state index in [2.05, 4.69) is 10.3 Å². The summed E-state index contributed by atoms with van der Waals surface area (Å²) in [6.07, 6.45) is 1.62. The number of nitrogens with one attached hydrogen (secondary N) is 1. The minimum Gasteiger partial charge on any atom is -0.495 e. The fourth-order valence-electron chi connectivity index (χ4n) is 2.72. The molecule has 1 amide bonds. The van der Waals surface area contributed by atoms with Crippen LogP contribution in [0.5, 0.6) is 5.75 Å². The van der Waals surface area contributed by atoms with E-state index in [0.717, 1.165) is 4.31 Å². The van der Waals surface area contributed by atoms with Gasteiger partial charge in [0.2, 0.25) is 5.91 Å². The standard InChI is InChI=1S/C21H20ClN3O4S/c1-29-20-11-10-17(13-19(20)22)25(30(27,28)18-8-3-2-4-9-18)15-21(26)24-14-16-7-5-6-12-23-16/h2-13H,14-15H2,1H3,(H,24,26). The number of hydrogen-bond donors (Lipinski definition) is 1. The third-order valence-corrected chi connectivity index (χ3v) is 6.32. The minimum atomic E-state index is -4.01. The first-order valence-electron chi connectivity index (χ1n) is 9.00. The quantitative estimate of drug-likeness (QED) is 0.575. The van der Waals surface area contributed by atoms with Crippen LogP contribution in [0.3, 0.4) is 0 Å². The van der Waals surface area contributed by atoms with Gasteiger partial charge >= 0.3 is 0 Å². The van der Waals surface area contributed by atoms with E-state index in [0.29, 0.717) is 11.4 Å². The summed E-state index contributed by atoms with van der Waals surface area (Å²) in [5.41, 5.74) is 0.911. The van der Waals surface area contributed by atoms with E-state index in [1.54, 1.807) is 48.7 Å². The molecule has 0 saturated heterocycles. The highest BCUT2D eigenvalue weighted by molar-refractivity contribution is 7.92. The molecular formula is C21H20ClN3O4S. The van der Waals surface area contributed by atoms with Crippen molar-refractivity contribution < 1.29 is 17.9 Å². The molecule has 0 aliphatic heterocycles. The van der Waals surface area contributed by atoms with Crippen LogP contribution in [0.4, 0.5) is 5.69 Å². The molecule has 0 atom stereocenters. The zero-order valence-electron chi connectivity index (χ0n) is 16.2. The van der Waals surface area contributed by atoms with E-state index < -0.39 is 22.5 Å². The van der Waals surface area contributed by atoms with Crippen molar-refractivity contribution in [3.63, 3.8) is 0 Å². The fraction of sp³-hybridized carbons (Fsp3) is 0.143. The van der Waals surface area contributed by atoms with Gasteiger partial charge in [-0.3, -0.25) is 14.1 Å². The Labute approximate surface area is 180 Å². The first-order valence-corrected chi connectivity index (χ1v) is 10.8. The molecule has 0 aliphatic carbocycles. The van der Waals surface area contributed by atoms with Gasteiger partial charge in [0.05, 0.1) is 35.0 Å². The second-order valence-corrected chi connectivity index (χ2v) is 8.51. The summed E-state index contributed by atoms with van der Waals surface area (Å²) >= 11 is 6.19. The Morgan fingerprint density at radius 2 is 1.83 bits per heavy atom. The first-order chi connectivity index (χ1) is 14.4. The van der Waals surface area contributed by atoms with Crippen molar-refractivity contribution in [2.45, 2.75) is 11.4 Å². The Morgan fingerprint density at radius 3 is 2.47 bits per heavy atom. The number of carbonyl (C=O) groups is 1. The Bertz CT molecular complexity index is 1110. The number of ether oxygens (including phenoxy) is 1. The third kappa shape index (κ3) is 5.08. The molecule has 30 heavy (non-hydrogen) atoms. The van der Waals surface area contributed by atoms with Gasteiger partial charge < -0.3 is 10.1 Å². The number of anilines is 1. The number of pyridine rings is 1. The average molecular weight is 446 g/mol. The number of sulfonamides is 1. The lowest BCUT2D eigenvalue weighted by Crippen LogP contribution is -2.40. The number of amides is 1. The molecule has 156 valence electrons. The van der Waals surface area contributed by atoms with E-state index >= 15 is 0 Å². The van der Waals surface area contributed by atoms with Crippen molar-refractivity contribution in [2.24, 2.45) is 0 Å². The highest BCUT2D eigenvalue weighted by atomic mass is 35.5. The Kier molecular flexibility index (Phi) is 6.91. The molecule has 1 N–H and O–H groups in total. The van der Waals surface area contributed by atoms with Crippen molar-refractivity contribution in [1.82, 2.24) is 10.3 Å². The Hall–Kier alpha value is -3.10. The second kappa shape index (κ2) is 9.60. The van der Waals surface area contributed by atoms with Crippen LogP contribution < -0.4 is 14.4 Å². The van der Waals surface area contributed by atoms with Crippen molar-refractivity contribution in [3.05, 3.63) is 83.6 Å². The van der Waals surface area contributed by atoms with Gasteiger partial charge in [-0.1, -0.05) is 35.9 Å². The molecule has 0 fully saturated rings. The number of benzene rings is 2. The lowest BCUT2D eigenvalue weighted by molar-refractivity contribution is -0.119. The van der Waals surface area contributed by atoms with Gasteiger partial charge in [-0.2, -0.15) is 0 Å². The van der Waals surface area contributed by atoms with Gasteiger partial charge in [0.25, 0.3) is 10.0 Å². The molecule has 0 aliphatic rings. The summed E-state index contributed by atoms with van der Waals surface area (Å²) in [5.74, 6) is -0.0795. The summed E-state index contributed by atoms with van der Waals surface area (Å²) in [7, 11) is -2.55. The number of carbonyl (C=O) groups excluding carboxylic acids is 1. The second-order valence-electron chi connectivity index (χ2n) is 6.24. The summed E-state index contributed by atoms with van der Waals surface area (Å²) in [6, 6.07) is 17.8. The lowest BCUT2D eigenvalue weighted by atomic mass is 10.3. The van der Waals surface area contributed by atoms with E-state index in [1.165, 1.54) is 31.4 Å². The molecule has 0 radical (unpaired) electrons. The van der Waals surface area contributed by atoms with Crippen LogP contribution in [-0.4, -0.2) is 33.0 Å². The maximum atomic E-state index is 13.3. The minimum absolute atomic E-state index is 0.0643. The topological polar surface area (TPSA) is 88.6 Å². The molecule has 0 saturated carbocycles. The number of hydrogen-bond acceptors (Lipinski definition) is 5. The highest BCUT2D eigenvalue weighted by Crippen LogP contribution is 2.31. The zero-order chi connectivity index (χ0) is 21.6. The van der Waals surface area contributed by atoms with Crippen LogP contribution in [0.2, 0.25) is 5.02 Å². The van der Waals surface area contributed by atoms with Gasteiger partial charge in [-0.25, -0.2) is 8.42 Å². The number of aromatic nitrogens is 1. The molecule has 1 heterocycles. The van der Waals surface area contributed by atoms with E-state index in [-0.39, 0.29) is 22.2 Å². The molecule has 2 aromatic carbocycles. The molecule has 0 unspecified atom stereocenters. The van der Waals surface area contributed by atoms with E-state index in [1.807, 2.05) is 0 Å². The van der Waals surface area contributed by atoms with Gasteiger partial charge in [0.15, 0.2) is 0 Å². The van der Waals surface area contributed by atoms with Gasteiger partial charge in [-0.05, 0) is 42.5 Å². The number of halogens is 1. The molecule has 0 spiro atoms. The average Bonchev–Trinajstić information content (AvgIpc) is 2.77. The van der Waals surface area contributed by atoms with Crippen LogP contribution in [0, 0.1) is 0 Å². The molecular weight excluding hydrogens is 426 g/mol. The Balaban J connectivity index is 1.89. The maximum Gasteiger partial charge on any atom is 0.264 e. The van der Waals surface area contributed by atoms with E-state index in [4.69, 9.17) is 16.3 Å². The van der Waals surface area contributed by atoms with Crippen molar-refractivity contribution in [1.29, 1.82) is 0 Å². The van der Waals surface area contributed by atoms with Crippen LogP contribution in [0.1, 0.15) is 5.69 Å².